The summed E-state index contributed by atoms with van der Waals surface area (Å²) < 4.78 is 5.25. The molecule has 2 heterocycles. The Balaban J connectivity index is 1.35. The molecule has 1 amide bonds. The summed E-state index contributed by atoms with van der Waals surface area (Å²) in [4.78, 5) is 20.8. The lowest BCUT2D eigenvalue weighted by molar-refractivity contribution is -0.121. The number of carbonyl (C=O) groups excluding carboxylic acids is 1. The maximum Gasteiger partial charge on any atom is 0.209 e. The van der Waals surface area contributed by atoms with E-state index in [0.717, 1.165) is 93.7 Å². The van der Waals surface area contributed by atoms with Crippen LogP contribution in [0.4, 0.5) is 5.82 Å². The molecule has 7 heteroatoms. The first-order chi connectivity index (χ1) is 16.9. The molecule has 190 valence electrons. The Morgan fingerprint density at radius 2 is 1.97 bits per heavy atom. The van der Waals surface area contributed by atoms with Crippen LogP contribution >= 0.6 is 11.6 Å². The van der Waals surface area contributed by atoms with E-state index in [1.807, 2.05) is 41.4 Å². The molecule has 1 saturated carbocycles. The van der Waals surface area contributed by atoms with Crippen molar-refractivity contribution in [3.63, 3.8) is 0 Å². The number of rotatable bonds is 9. The second-order valence-corrected chi connectivity index (χ2v) is 10.9. The number of methoxy groups -OCH3 is 1. The van der Waals surface area contributed by atoms with Crippen molar-refractivity contribution < 1.29 is 14.6 Å². The number of hydrogen-bond donors (Lipinski definition) is 1. The van der Waals surface area contributed by atoms with Gasteiger partial charge in [-0.05, 0) is 80.5 Å². The van der Waals surface area contributed by atoms with Crippen molar-refractivity contribution in [2.75, 3.05) is 31.6 Å². The van der Waals surface area contributed by atoms with E-state index in [4.69, 9.17) is 21.3 Å². The monoisotopic (exact) mass is 499 g/mol. The molecule has 0 radical (unpaired) electrons. The summed E-state index contributed by atoms with van der Waals surface area (Å²) in [7, 11) is 1.66. The van der Waals surface area contributed by atoms with E-state index in [0.29, 0.717) is 5.02 Å². The van der Waals surface area contributed by atoms with E-state index in [1.165, 1.54) is 6.42 Å². The number of ether oxygens (including phenoxy) is 1. The highest BCUT2D eigenvalue weighted by Gasteiger charge is 2.32. The number of carbonyl (C=O) groups is 1. The minimum absolute atomic E-state index is 0.162. The molecule has 6 nitrogen and oxygen atoms in total. The Morgan fingerprint density at radius 1 is 1.23 bits per heavy atom. The highest BCUT2D eigenvalue weighted by molar-refractivity contribution is 6.33. The van der Waals surface area contributed by atoms with Gasteiger partial charge in [-0.2, -0.15) is 0 Å². The van der Waals surface area contributed by atoms with E-state index < -0.39 is 0 Å². The molecule has 35 heavy (non-hydrogen) atoms. The predicted molar refractivity (Wildman–Crippen MR) is 141 cm³/mol. The molecular weight excluding hydrogens is 462 g/mol. The number of aliphatic hydroxyl groups excluding tert-OH is 1. The van der Waals surface area contributed by atoms with Gasteiger partial charge in [0.2, 0.25) is 6.41 Å². The molecule has 1 saturated heterocycles. The largest absolute Gasteiger partial charge is 0.497 e. The summed E-state index contributed by atoms with van der Waals surface area (Å²) in [6, 6.07) is 10.2. The minimum Gasteiger partial charge on any atom is -0.497 e. The average molecular weight is 500 g/mol. The van der Waals surface area contributed by atoms with E-state index in [2.05, 4.69) is 11.8 Å². The van der Waals surface area contributed by atoms with Crippen molar-refractivity contribution >= 4 is 23.8 Å². The summed E-state index contributed by atoms with van der Waals surface area (Å²) >= 11 is 6.73. The Bertz CT molecular complexity index is 978. The molecule has 1 atom stereocenters. The molecule has 1 aromatic carbocycles. The highest BCUT2D eigenvalue weighted by Crippen LogP contribution is 2.38. The van der Waals surface area contributed by atoms with Gasteiger partial charge in [-0.25, -0.2) is 4.98 Å². The summed E-state index contributed by atoms with van der Waals surface area (Å²) in [6.45, 7) is 5.00. The van der Waals surface area contributed by atoms with Crippen LogP contribution in [0.3, 0.4) is 0 Å². The van der Waals surface area contributed by atoms with Gasteiger partial charge in [0, 0.05) is 37.4 Å². The number of nitrogens with zero attached hydrogens (tertiary/aromatic N) is 3. The maximum atomic E-state index is 11.7. The second-order valence-electron chi connectivity index (χ2n) is 10.5. The molecule has 0 spiro atoms. The van der Waals surface area contributed by atoms with Gasteiger partial charge in [-0.1, -0.05) is 30.7 Å². The van der Waals surface area contributed by atoms with Crippen LogP contribution in [0.2, 0.25) is 5.02 Å². The zero-order chi connectivity index (χ0) is 24.8. The third-order valence-corrected chi connectivity index (χ3v) is 8.07. The van der Waals surface area contributed by atoms with E-state index in [-0.39, 0.29) is 17.6 Å². The maximum absolute atomic E-state index is 11.7. The summed E-state index contributed by atoms with van der Waals surface area (Å²) in [6.07, 6.45) is 10.4. The number of amides is 1. The van der Waals surface area contributed by atoms with Crippen LogP contribution in [0.15, 0.2) is 36.5 Å². The van der Waals surface area contributed by atoms with Crippen molar-refractivity contribution in [3.05, 3.63) is 41.6 Å². The number of benzene rings is 1. The molecular formula is C28H38ClN3O3. The number of pyridine rings is 1. The lowest BCUT2D eigenvalue weighted by atomic mass is 9.78. The number of aliphatic hydroxyl groups is 1. The van der Waals surface area contributed by atoms with Gasteiger partial charge in [-0.15, -0.1) is 0 Å². The number of aromatic nitrogens is 1. The van der Waals surface area contributed by atoms with Crippen LogP contribution in [0.25, 0.3) is 11.1 Å². The number of hydrogen-bond acceptors (Lipinski definition) is 5. The van der Waals surface area contributed by atoms with Crippen molar-refractivity contribution in [2.24, 2.45) is 5.41 Å². The Labute approximate surface area is 214 Å². The molecule has 1 aliphatic heterocycles. The minimum atomic E-state index is -0.197. The number of halogens is 1. The summed E-state index contributed by atoms with van der Waals surface area (Å²) in [5.74, 6) is 1.68. The SMILES string of the molecule is COc1ccc(-c2cnc(N3CCC[C@@](C)(CCCN(C=O)C4CCC(O)CC4)C3)c(Cl)c2)cc1. The molecule has 0 bridgehead atoms. The zero-order valence-corrected chi connectivity index (χ0v) is 21.7. The van der Waals surface area contributed by atoms with Gasteiger partial charge in [0.25, 0.3) is 0 Å². The summed E-state index contributed by atoms with van der Waals surface area (Å²) in [5.41, 5.74) is 2.21. The van der Waals surface area contributed by atoms with Gasteiger partial charge in [0.05, 0.1) is 18.2 Å². The van der Waals surface area contributed by atoms with Gasteiger partial charge in [-0.3, -0.25) is 4.79 Å². The molecule has 2 aromatic rings. The molecule has 2 aliphatic rings. The van der Waals surface area contributed by atoms with Crippen LogP contribution in [0, 0.1) is 5.41 Å². The lowest BCUT2D eigenvalue weighted by Crippen LogP contribution is -2.43. The average Bonchev–Trinajstić information content (AvgIpc) is 2.87. The number of piperidine rings is 1. The smallest absolute Gasteiger partial charge is 0.209 e. The zero-order valence-electron chi connectivity index (χ0n) is 21.0. The standard InChI is InChI=1S/C28H38ClN3O3/c1-28(14-4-16-32(20-33)23-7-9-24(34)10-8-23)13-3-15-31(19-28)27-26(29)17-22(18-30-27)21-5-11-25(35-2)12-6-21/h5-6,11-12,17-18,20,23-24,34H,3-4,7-10,13-16,19H2,1-2H3/t23?,24?,28-/m0/s1. The fraction of sp³-hybridized carbons (Fsp3) is 0.571. The normalized spacial score (nSPS) is 24.7. The first-order valence-corrected chi connectivity index (χ1v) is 13.2. The van der Waals surface area contributed by atoms with Crippen molar-refractivity contribution in [3.8, 4) is 16.9 Å². The summed E-state index contributed by atoms with van der Waals surface area (Å²) in [5, 5.41) is 10.4. The first-order valence-electron chi connectivity index (χ1n) is 12.8. The molecule has 2 fully saturated rings. The molecule has 4 rings (SSSR count). The Morgan fingerprint density at radius 3 is 2.63 bits per heavy atom. The van der Waals surface area contributed by atoms with Gasteiger partial charge >= 0.3 is 0 Å². The highest BCUT2D eigenvalue weighted by atomic mass is 35.5. The van der Waals surface area contributed by atoms with E-state index >= 15 is 0 Å². The molecule has 1 aliphatic carbocycles. The molecule has 0 unspecified atom stereocenters. The topological polar surface area (TPSA) is 65.9 Å². The Kier molecular flexibility index (Phi) is 8.55. The third kappa shape index (κ3) is 6.47. The predicted octanol–water partition coefficient (Wildman–Crippen LogP) is 5.56. The third-order valence-electron chi connectivity index (χ3n) is 7.79. The number of anilines is 1. The van der Waals surface area contributed by atoms with Gasteiger partial charge in [0.15, 0.2) is 0 Å². The van der Waals surface area contributed by atoms with Crippen LogP contribution in [0.5, 0.6) is 5.75 Å². The van der Waals surface area contributed by atoms with E-state index in [9.17, 15) is 9.90 Å². The first kappa shape index (κ1) is 25.8. The fourth-order valence-corrected chi connectivity index (χ4v) is 5.99. The molecule has 1 aromatic heterocycles. The Hall–Kier alpha value is -2.31. The van der Waals surface area contributed by atoms with Crippen molar-refractivity contribution in [2.45, 2.75) is 70.4 Å². The van der Waals surface area contributed by atoms with Crippen LogP contribution < -0.4 is 9.64 Å². The second kappa shape index (κ2) is 11.6. The molecule has 1 N–H and O–H groups in total. The van der Waals surface area contributed by atoms with Gasteiger partial charge < -0.3 is 19.6 Å². The van der Waals surface area contributed by atoms with Crippen molar-refractivity contribution in [1.82, 2.24) is 9.88 Å². The fourth-order valence-electron chi connectivity index (χ4n) is 5.70. The van der Waals surface area contributed by atoms with Crippen molar-refractivity contribution in [1.29, 1.82) is 0 Å². The quantitative estimate of drug-likeness (QED) is 0.457. The lowest BCUT2D eigenvalue weighted by Gasteiger charge is -2.42. The van der Waals surface area contributed by atoms with Gasteiger partial charge in [0.1, 0.15) is 11.6 Å². The van der Waals surface area contributed by atoms with Crippen LogP contribution in [0.1, 0.15) is 58.3 Å². The van der Waals surface area contributed by atoms with Crippen LogP contribution in [-0.2, 0) is 4.79 Å². The van der Waals surface area contributed by atoms with E-state index in [1.54, 1.807) is 7.11 Å². The van der Waals surface area contributed by atoms with Crippen LogP contribution in [-0.4, -0.2) is 60.3 Å².